The van der Waals surface area contributed by atoms with Crippen LogP contribution in [0.2, 0.25) is 0 Å². The van der Waals surface area contributed by atoms with Crippen molar-refractivity contribution in [1.29, 1.82) is 0 Å². The molecule has 1 saturated carbocycles. The van der Waals surface area contributed by atoms with Crippen molar-refractivity contribution >= 4 is 0 Å². The SMILES string of the molecule is NCC1CCCCC1OCc1ccn(-c2ccccc2)n1. The first-order valence-electron chi connectivity index (χ1n) is 7.78. The molecule has 1 aromatic carbocycles. The number of hydrogen-bond donors (Lipinski definition) is 1. The maximum Gasteiger partial charge on any atom is 0.0910 e. The van der Waals surface area contributed by atoms with Crippen LogP contribution >= 0.6 is 0 Å². The average Bonchev–Trinajstić information content (AvgIpc) is 3.03. The highest BCUT2D eigenvalue weighted by molar-refractivity contribution is 5.30. The first-order chi connectivity index (χ1) is 10.4. The Morgan fingerprint density at radius 2 is 1.95 bits per heavy atom. The van der Waals surface area contributed by atoms with Crippen LogP contribution in [-0.4, -0.2) is 22.4 Å². The number of hydrogen-bond acceptors (Lipinski definition) is 3. The average molecular weight is 285 g/mol. The minimum atomic E-state index is 0.297. The summed E-state index contributed by atoms with van der Waals surface area (Å²) in [5.41, 5.74) is 7.89. The van der Waals surface area contributed by atoms with Gasteiger partial charge in [-0.25, -0.2) is 4.68 Å². The second-order valence-corrected chi connectivity index (χ2v) is 5.72. The van der Waals surface area contributed by atoms with Gasteiger partial charge in [0.05, 0.1) is 24.1 Å². The number of ether oxygens (including phenoxy) is 1. The van der Waals surface area contributed by atoms with Gasteiger partial charge in [-0.2, -0.15) is 5.10 Å². The van der Waals surface area contributed by atoms with Crippen molar-refractivity contribution in [2.45, 2.75) is 38.4 Å². The normalized spacial score (nSPS) is 22.3. The Morgan fingerprint density at radius 3 is 2.76 bits per heavy atom. The zero-order valence-electron chi connectivity index (χ0n) is 12.3. The van der Waals surface area contributed by atoms with Crippen molar-refractivity contribution in [3.8, 4) is 5.69 Å². The van der Waals surface area contributed by atoms with Crippen LogP contribution in [0.15, 0.2) is 42.6 Å². The van der Waals surface area contributed by atoms with Gasteiger partial charge in [0, 0.05) is 6.20 Å². The molecule has 2 aromatic rings. The van der Waals surface area contributed by atoms with Crippen molar-refractivity contribution in [2.24, 2.45) is 11.7 Å². The summed E-state index contributed by atoms with van der Waals surface area (Å²) in [7, 11) is 0. The maximum atomic E-state index is 6.07. The van der Waals surface area contributed by atoms with Crippen LogP contribution in [-0.2, 0) is 11.3 Å². The number of nitrogens with zero attached hydrogens (tertiary/aromatic N) is 2. The van der Waals surface area contributed by atoms with E-state index < -0.39 is 0 Å². The van der Waals surface area contributed by atoms with Gasteiger partial charge < -0.3 is 10.5 Å². The first kappa shape index (κ1) is 14.3. The molecule has 1 aliphatic carbocycles. The molecule has 0 spiro atoms. The molecule has 112 valence electrons. The lowest BCUT2D eigenvalue weighted by Crippen LogP contribution is -2.33. The lowest BCUT2D eigenvalue weighted by atomic mass is 9.86. The van der Waals surface area contributed by atoms with E-state index in [1.54, 1.807) is 0 Å². The maximum absolute atomic E-state index is 6.07. The van der Waals surface area contributed by atoms with E-state index in [0.717, 1.165) is 24.3 Å². The monoisotopic (exact) mass is 285 g/mol. The summed E-state index contributed by atoms with van der Waals surface area (Å²) in [6.07, 6.45) is 7.13. The van der Waals surface area contributed by atoms with E-state index in [9.17, 15) is 0 Å². The zero-order chi connectivity index (χ0) is 14.5. The van der Waals surface area contributed by atoms with Gasteiger partial charge in [0.25, 0.3) is 0 Å². The molecule has 0 radical (unpaired) electrons. The largest absolute Gasteiger partial charge is 0.372 e. The van der Waals surface area contributed by atoms with Crippen molar-refractivity contribution in [2.75, 3.05) is 6.54 Å². The van der Waals surface area contributed by atoms with Gasteiger partial charge in [-0.1, -0.05) is 31.0 Å². The molecule has 1 aliphatic rings. The fraction of sp³-hybridized carbons (Fsp3) is 0.471. The Bertz CT molecular complexity index is 552. The smallest absolute Gasteiger partial charge is 0.0910 e. The molecule has 0 amide bonds. The fourth-order valence-corrected chi connectivity index (χ4v) is 3.02. The van der Waals surface area contributed by atoms with E-state index in [4.69, 9.17) is 10.5 Å². The molecule has 21 heavy (non-hydrogen) atoms. The van der Waals surface area contributed by atoms with E-state index in [1.165, 1.54) is 19.3 Å². The first-order valence-corrected chi connectivity index (χ1v) is 7.78. The van der Waals surface area contributed by atoms with Crippen LogP contribution < -0.4 is 5.73 Å². The Kier molecular flexibility index (Phi) is 4.68. The fourth-order valence-electron chi connectivity index (χ4n) is 3.02. The van der Waals surface area contributed by atoms with Crippen LogP contribution in [0.4, 0.5) is 0 Å². The van der Waals surface area contributed by atoms with E-state index in [1.807, 2.05) is 47.3 Å². The van der Waals surface area contributed by atoms with Crippen LogP contribution in [0.25, 0.3) is 5.69 Å². The number of rotatable bonds is 5. The Morgan fingerprint density at radius 1 is 1.14 bits per heavy atom. The standard InChI is InChI=1S/C17H23N3O/c18-12-14-6-4-5-9-17(14)21-13-15-10-11-20(19-15)16-7-2-1-3-8-16/h1-3,7-8,10-11,14,17H,4-6,9,12-13,18H2. The molecule has 2 atom stereocenters. The Hall–Kier alpha value is -1.65. The molecule has 2 N–H and O–H groups in total. The van der Waals surface area contributed by atoms with Gasteiger partial charge >= 0.3 is 0 Å². The quantitative estimate of drug-likeness (QED) is 0.919. The summed E-state index contributed by atoms with van der Waals surface area (Å²) in [4.78, 5) is 0. The lowest BCUT2D eigenvalue weighted by molar-refractivity contribution is -0.0196. The number of benzene rings is 1. The van der Waals surface area contributed by atoms with Crippen LogP contribution in [0.1, 0.15) is 31.4 Å². The summed E-state index contributed by atoms with van der Waals surface area (Å²) in [5, 5.41) is 4.58. The highest BCUT2D eigenvalue weighted by Gasteiger charge is 2.24. The Balaban J connectivity index is 1.60. The predicted molar refractivity (Wildman–Crippen MR) is 83.2 cm³/mol. The summed E-state index contributed by atoms with van der Waals surface area (Å²) in [6.45, 7) is 1.30. The molecule has 3 rings (SSSR count). The van der Waals surface area contributed by atoms with Gasteiger partial charge in [-0.3, -0.25) is 0 Å². The highest BCUT2D eigenvalue weighted by Crippen LogP contribution is 2.26. The van der Waals surface area contributed by atoms with Gasteiger partial charge in [-0.05, 0) is 43.5 Å². The van der Waals surface area contributed by atoms with Gasteiger partial charge in [0.1, 0.15) is 0 Å². The molecule has 0 saturated heterocycles. The molecule has 0 bridgehead atoms. The van der Waals surface area contributed by atoms with Gasteiger partial charge in [0.2, 0.25) is 0 Å². The third kappa shape index (κ3) is 3.52. The molecule has 4 nitrogen and oxygen atoms in total. The third-order valence-electron chi connectivity index (χ3n) is 4.25. The van der Waals surface area contributed by atoms with Crippen molar-refractivity contribution in [3.63, 3.8) is 0 Å². The van der Waals surface area contributed by atoms with Crippen LogP contribution in [0.5, 0.6) is 0 Å². The second kappa shape index (κ2) is 6.87. The van der Waals surface area contributed by atoms with E-state index in [0.29, 0.717) is 18.6 Å². The summed E-state index contributed by atoms with van der Waals surface area (Å²) < 4.78 is 7.95. The molecule has 0 aliphatic heterocycles. The zero-order valence-corrected chi connectivity index (χ0v) is 12.3. The predicted octanol–water partition coefficient (Wildman–Crippen LogP) is 2.91. The van der Waals surface area contributed by atoms with E-state index >= 15 is 0 Å². The number of nitrogens with two attached hydrogens (primary N) is 1. The van der Waals surface area contributed by atoms with Gasteiger partial charge in [0.15, 0.2) is 0 Å². The summed E-state index contributed by atoms with van der Waals surface area (Å²) >= 11 is 0. The second-order valence-electron chi connectivity index (χ2n) is 5.72. The molecular weight excluding hydrogens is 262 g/mol. The number of aromatic nitrogens is 2. The van der Waals surface area contributed by atoms with Crippen LogP contribution in [0, 0.1) is 5.92 Å². The minimum Gasteiger partial charge on any atom is -0.372 e. The molecule has 1 fully saturated rings. The van der Waals surface area contributed by atoms with Crippen molar-refractivity contribution in [3.05, 3.63) is 48.3 Å². The van der Waals surface area contributed by atoms with E-state index in [2.05, 4.69) is 5.10 Å². The summed E-state index contributed by atoms with van der Waals surface area (Å²) in [5.74, 6) is 0.509. The van der Waals surface area contributed by atoms with Gasteiger partial charge in [-0.15, -0.1) is 0 Å². The van der Waals surface area contributed by atoms with Crippen LogP contribution in [0.3, 0.4) is 0 Å². The minimum absolute atomic E-state index is 0.297. The lowest BCUT2D eigenvalue weighted by Gasteiger charge is -2.30. The number of para-hydroxylation sites is 1. The summed E-state index contributed by atoms with van der Waals surface area (Å²) in [6, 6.07) is 12.1. The molecular formula is C17H23N3O. The highest BCUT2D eigenvalue weighted by atomic mass is 16.5. The molecule has 4 heteroatoms. The van der Waals surface area contributed by atoms with E-state index in [-0.39, 0.29) is 0 Å². The molecule has 1 aromatic heterocycles. The molecule has 2 unspecified atom stereocenters. The molecule has 1 heterocycles. The topological polar surface area (TPSA) is 53.1 Å². The van der Waals surface area contributed by atoms with Crippen molar-refractivity contribution in [1.82, 2.24) is 9.78 Å². The van der Waals surface area contributed by atoms with Crippen molar-refractivity contribution < 1.29 is 4.74 Å². The third-order valence-corrected chi connectivity index (χ3v) is 4.25. The Labute approximate surface area is 125 Å².